The Hall–Kier alpha value is -3.16. The maximum atomic E-state index is 12.5. The molecule has 8 heteroatoms. The number of nitrogens with two attached hydrogens (primary N) is 1. The Morgan fingerprint density at radius 1 is 1.09 bits per heavy atom. The third kappa shape index (κ3) is 6.42. The Kier molecular flexibility index (Phi) is 7.33. The van der Waals surface area contributed by atoms with Crippen molar-refractivity contribution < 1.29 is 9.53 Å². The van der Waals surface area contributed by atoms with E-state index in [4.69, 9.17) is 27.7 Å². The molecule has 0 aliphatic carbocycles. The zero-order chi connectivity index (χ0) is 23.3. The van der Waals surface area contributed by atoms with Crippen molar-refractivity contribution in [2.75, 3.05) is 11.0 Å². The van der Waals surface area contributed by atoms with Gasteiger partial charge in [-0.15, -0.1) is 0 Å². The quantitative estimate of drug-likeness (QED) is 0.238. The lowest BCUT2D eigenvalue weighted by Gasteiger charge is -2.25. The van der Waals surface area contributed by atoms with E-state index in [9.17, 15) is 4.79 Å². The van der Waals surface area contributed by atoms with Crippen molar-refractivity contribution in [3.63, 3.8) is 0 Å². The Morgan fingerprint density at radius 3 is 2.44 bits per heavy atom. The van der Waals surface area contributed by atoms with E-state index in [1.807, 2.05) is 74.2 Å². The fourth-order valence-corrected chi connectivity index (χ4v) is 3.55. The Morgan fingerprint density at radius 2 is 1.78 bits per heavy atom. The van der Waals surface area contributed by atoms with E-state index in [-0.39, 0.29) is 18.5 Å². The van der Waals surface area contributed by atoms with Crippen LogP contribution in [0, 0.1) is 5.41 Å². The van der Waals surface area contributed by atoms with Crippen LogP contribution in [-0.2, 0) is 22.6 Å². The van der Waals surface area contributed by atoms with Crippen LogP contribution >= 0.6 is 11.8 Å². The number of benzene rings is 2. The number of anilines is 1. The number of carbonyl (C=O) groups is 1. The lowest BCUT2D eigenvalue weighted by atomic mass is 10.1. The van der Waals surface area contributed by atoms with Gasteiger partial charge in [0.05, 0.1) is 18.4 Å². The molecule has 0 saturated carbocycles. The van der Waals surface area contributed by atoms with E-state index in [0.717, 1.165) is 26.3 Å². The Labute approximate surface area is 193 Å². The molecule has 1 aromatic heterocycles. The van der Waals surface area contributed by atoms with Gasteiger partial charge in [0.25, 0.3) is 0 Å². The van der Waals surface area contributed by atoms with Crippen LogP contribution in [0.15, 0.2) is 60.9 Å². The highest BCUT2D eigenvalue weighted by Crippen LogP contribution is 2.28. The monoisotopic (exact) mass is 453 g/mol. The molecule has 7 nitrogen and oxygen atoms in total. The summed E-state index contributed by atoms with van der Waals surface area (Å²) in [6.45, 7) is 6.91. The summed E-state index contributed by atoms with van der Waals surface area (Å²) in [5, 5.41) is 9.27. The number of esters is 1. The normalized spacial score (nSPS) is 11.5. The molecule has 0 bridgehead atoms. The molecule has 0 spiro atoms. The minimum atomic E-state index is -0.537. The predicted octanol–water partition coefficient (Wildman–Crippen LogP) is 4.43. The number of rotatable bonds is 7. The summed E-state index contributed by atoms with van der Waals surface area (Å²) < 4.78 is 6.60. The molecule has 0 radical (unpaired) electrons. The van der Waals surface area contributed by atoms with Crippen LogP contribution in [0.25, 0.3) is 10.8 Å². The summed E-state index contributed by atoms with van der Waals surface area (Å²) >= 11 is 6.13. The van der Waals surface area contributed by atoms with Crippen molar-refractivity contribution in [1.29, 1.82) is 5.41 Å². The third-order valence-electron chi connectivity index (χ3n) is 4.65. The first-order valence-electron chi connectivity index (χ1n) is 10.3. The average molecular weight is 454 g/mol. The zero-order valence-electron chi connectivity index (χ0n) is 18.5. The minimum Gasteiger partial charge on any atom is -0.459 e. The van der Waals surface area contributed by atoms with Crippen LogP contribution < -0.4 is 10.2 Å². The molecule has 0 aliphatic rings. The topological polar surface area (TPSA) is 95.5 Å². The molecule has 0 amide bonds. The van der Waals surface area contributed by atoms with Gasteiger partial charge in [-0.2, -0.15) is 0 Å². The number of hydrogen-bond acceptors (Lipinski definition) is 5. The van der Waals surface area contributed by atoms with Gasteiger partial charge < -0.3 is 10.5 Å². The molecule has 0 atom stereocenters. The fraction of sp³-hybridized carbons (Fsp3) is 0.292. The van der Waals surface area contributed by atoms with Crippen molar-refractivity contribution in [2.24, 2.45) is 5.73 Å². The molecule has 0 saturated heterocycles. The number of nitrogens with one attached hydrogen (secondary N) is 1. The number of pyridine rings is 1. The summed E-state index contributed by atoms with van der Waals surface area (Å²) in [7, 11) is 0. The number of ether oxygens (including phenoxy) is 1. The Balaban J connectivity index is 1.85. The molecular formula is C24H28ClN5O2. The third-order valence-corrected chi connectivity index (χ3v) is 5.02. The molecule has 0 unspecified atom stereocenters. The van der Waals surface area contributed by atoms with Crippen molar-refractivity contribution in [3.8, 4) is 0 Å². The smallest absolute Gasteiger partial charge is 0.320 e. The molecule has 3 N–H and O–H groups in total. The maximum absolute atomic E-state index is 12.5. The maximum Gasteiger partial charge on any atom is 0.320 e. The van der Waals surface area contributed by atoms with Crippen molar-refractivity contribution >= 4 is 40.2 Å². The molecule has 2 aromatic carbocycles. The van der Waals surface area contributed by atoms with E-state index < -0.39 is 5.60 Å². The number of aromatic nitrogens is 1. The fourth-order valence-electron chi connectivity index (χ4n) is 3.42. The van der Waals surface area contributed by atoms with Gasteiger partial charge in [0.1, 0.15) is 5.60 Å². The SMILES string of the molecule is CC(C)(C)OC(=O)CN(Cc1ccccc1)Cc1ccc2c(N(Cl)C(=N)N)cncc2c1. The summed E-state index contributed by atoms with van der Waals surface area (Å²) in [4.78, 5) is 18.8. The first-order valence-corrected chi connectivity index (χ1v) is 10.6. The summed E-state index contributed by atoms with van der Waals surface area (Å²) in [5.41, 5.74) is 7.65. The standard InChI is InChI=1S/C24H28ClN5O2/c1-24(2,3)32-22(31)16-29(14-17-7-5-4-6-8-17)15-18-9-10-20-19(11-18)12-28-13-21(20)30(25)23(26)27/h4-13H,14-16H2,1-3H3,(H3,26,27). The Bertz CT molecular complexity index is 1100. The zero-order valence-corrected chi connectivity index (χ0v) is 19.3. The van der Waals surface area contributed by atoms with Gasteiger partial charge in [0.15, 0.2) is 0 Å². The largest absolute Gasteiger partial charge is 0.459 e. The van der Waals surface area contributed by atoms with Gasteiger partial charge in [-0.05, 0) is 38.0 Å². The molecule has 0 fully saturated rings. The van der Waals surface area contributed by atoms with Crippen LogP contribution in [-0.4, -0.2) is 34.0 Å². The second-order valence-electron chi connectivity index (χ2n) is 8.60. The predicted molar refractivity (Wildman–Crippen MR) is 128 cm³/mol. The van der Waals surface area contributed by atoms with Crippen LogP contribution in [0.1, 0.15) is 31.9 Å². The summed E-state index contributed by atoms with van der Waals surface area (Å²) in [5.74, 6) is -0.547. The summed E-state index contributed by atoms with van der Waals surface area (Å²) in [6, 6.07) is 15.9. The van der Waals surface area contributed by atoms with E-state index in [1.54, 1.807) is 12.4 Å². The van der Waals surface area contributed by atoms with Crippen LogP contribution in [0.5, 0.6) is 0 Å². The van der Waals surface area contributed by atoms with Gasteiger partial charge in [-0.25, -0.2) is 4.42 Å². The van der Waals surface area contributed by atoms with Crippen molar-refractivity contribution in [2.45, 2.75) is 39.5 Å². The van der Waals surface area contributed by atoms with Crippen LogP contribution in [0.4, 0.5) is 5.69 Å². The molecule has 3 aromatic rings. The number of fused-ring (bicyclic) bond motifs is 1. The van der Waals surface area contributed by atoms with E-state index in [1.165, 1.54) is 0 Å². The molecule has 32 heavy (non-hydrogen) atoms. The van der Waals surface area contributed by atoms with Crippen LogP contribution in [0.2, 0.25) is 0 Å². The number of hydrogen-bond donors (Lipinski definition) is 2. The molecular weight excluding hydrogens is 426 g/mol. The highest BCUT2D eigenvalue weighted by molar-refractivity contribution is 6.38. The second kappa shape index (κ2) is 9.97. The lowest BCUT2D eigenvalue weighted by Crippen LogP contribution is -2.34. The van der Waals surface area contributed by atoms with Gasteiger partial charge in [-0.1, -0.05) is 42.5 Å². The highest BCUT2D eigenvalue weighted by atomic mass is 35.5. The summed E-state index contributed by atoms with van der Waals surface area (Å²) in [6.07, 6.45) is 3.31. The number of carbonyl (C=O) groups excluding carboxylic acids is 1. The number of guanidine groups is 1. The van der Waals surface area contributed by atoms with Crippen LogP contribution in [0.3, 0.4) is 0 Å². The molecule has 3 rings (SSSR count). The van der Waals surface area contributed by atoms with Gasteiger partial charge in [0.2, 0.25) is 5.96 Å². The van der Waals surface area contributed by atoms with Crippen molar-refractivity contribution in [3.05, 3.63) is 72.1 Å². The highest BCUT2D eigenvalue weighted by Gasteiger charge is 2.20. The first kappa shape index (κ1) is 23.5. The van der Waals surface area contributed by atoms with Gasteiger partial charge in [-0.3, -0.25) is 20.1 Å². The number of nitrogens with zero attached hydrogens (tertiary/aromatic N) is 3. The molecule has 0 aliphatic heterocycles. The van der Waals surface area contributed by atoms with Gasteiger partial charge in [0, 0.05) is 41.8 Å². The first-order chi connectivity index (χ1) is 15.1. The number of halogens is 1. The van der Waals surface area contributed by atoms with E-state index in [2.05, 4.69) is 4.98 Å². The van der Waals surface area contributed by atoms with E-state index >= 15 is 0 Å². The lowest BCUT2D eigenvalue weighted by molar-refractivity contribution is -0.156. The molecule has 1 heterocycles. The van der Waals surface area contributed by atoms with Crippen molar-refractivity contribution in [1.82, 2.24) is 9.88 Å². The second-order valence-corrected chi connectivity index (χ2v) is 8.94. The van der Waals surface area contributed by atoms with E-state index in [0.29, 0.717) is 18.8 Å². The minimum absolute atomic E-state index is 0.169. The molecule has 168 valence electrons. The average Bonchev–Trinajstić information content (AvgIpc) is 2.71. The van der Waals surface area contributed by atoms with Gasteiger partial charge >= 0.3 is 5.97 Å².